The van der Waals surface area contributed by atoms with Gasteiger partial charge in [0.25, 0.3) is 0 Å². The number of hydrogen-bond acceptors (Lipinski definition) is 5. The zero-order valence-corrected chi connectivity index (χ0v) is 17.1. The van der Waals surface area contributed by atoms with E-state index in [0.717, 1.165) is 19.3 Å². The van der Waals surface area contributed by atoms with E-state index < -0.39 is 11.4 Å². The Balaban J connectivity index is 1.94. The minimum Gasteiger partial charge on any atom is -0.507 e. The number of hydrogen-bond donors (Lipinski definition) is 2. The molecule has 4 rings (SSSR count). The molecule has 1 aromatic carbocycles. The number of benzene rings is 1. The number of fused-ring (bicyclic) bond motifs is 2. The molecular weight excluding hydrogens is 356 g/mol. The number of carbonyl (C=O) groups is 2. The molecule has 2 N–H and O–H groups in total. The Labute approximate surface area is 166 Å². The van der Waals surface area contributed by atoms with Gasteiger partial charge in [0, 0.05) is 11.0 Å². The predicted octanol–water partition coefficient (Wildman–Crippen LogP) is 4.83. The summed E-state index contributed by atoms with van der Waals surface area (Å²) in [6.07, 6.45) is 5.88. The zero-order valence-electron chi connectivity index (χ0n) is 17.1. The molecule has 0 saturated heterocycles. The second-order valence-electron chi connectivity index (χ2n) is 10.00. The van der Waals surface area contributed by atoms with E-state index >= 15 is 0 Å². The molecule has 28 heavy (non-hydrogen) atoms. The molecule has 1 aromatic rings. The fourth-order valence-electron chi connectivity index (χ4n) is 6.29. The summed E-state index contributed by atoms with van der Waals surface area (Å²) >= 11 is 0. The van der Waals surface area contributed by atoms with Crippen LogP contribution in [0.2, 0.25) is 0 Å². The minimum atomic E-state index is -0.486. The van der Waals surface area contributed by atoms with Gasteiger partial charge < -0.3 is 14.9 Å². The molecule has 2 fully saturated rings. The van der Waals surface area contributed by atoms with Gasteiger partial charge in [0.15, 0.2) is 12.6 Å². The molecule has 5 heteroatoms. The van der Waals surface area contributed by atoms with E-state index in [1.54, 1.807) is 0 Å². The fourth-order valence-corrected chi connectivity index (χ4v) is 6.29. The lowest BCUT2D eigenvalue weighted by Gasteiger charge is -2.50. The molecular formula is C23H30O5. The van der Waals surface area contributed by atoms with E-state index in [-0.39, 0.29) is 34.0 Å². The van der Waals surface area contributed by atoms with Gasteiger partial charge in [-0.15, -0.1) is 0 Å². The van der Waals surface area contributed by atoms with Crippen LogP contribution in [0, 0.1) is 23.2 Å². The number of carbonyl (C=O) groups excluding carboxylic acids is 2. The van der Waals surface area contributed by atoms with Gasteiger partial charge in [-0.1, -0.05) is 27.7 Å². The van der Waals surface area contributed by atoms with Crippen LogP contribution in [0.4, 0.5) is 0 Å². The first-order chi connectivity index (χ1) is 13.2. The van der Waals surface area contributed by atoms with Gasteiger partial charge in [0.2, 0.25) is 0 Å². The molecule has 0 bridgehead atoms. The molecule has 0 aromatic heterocycles. The average molecular weight is 386 g/mol. The van der Waals surface area contributed by atoms with Gasteiger partial charge in [-0.2, -0.15) is 0 Å². The lowest BCUT2D eigenvalue weighted by molar-refractivity contribution is -0.0629. The molecule has 4 atom stereocenters. The van der Waals surface area contributed by atoms with Gasteiger partial charge >= 0.3 is 0 Å². The van der Waals surface area contributed by atoms with Crippen molar-refractivity contribution in [1.29, 1.82) is 0 Å². The van der Waals surface area contributed by atoms with Gasteiger partial charge in [0.05, 0.1) is 11.1 Å². The summed E-state index contributed by atoms with van der Waals surface area (Å²) in [5.41, 5.74) is -0.212. The minimum absolute atomic E-state index is 0.0159. The van der Waals surface area contributed by atoms with E-state index in [9.17, 15) is 19.8 Å². The van der Waals surface area contributed by atoms with Crippen LogP contribution in [0.3, 0.4) is 0 Å². The standard InChI is InChI=1S/C23H30O5/c1-12(2)7-14-9-23(8-13-5-6-17(13)22(23,3)4)28-21-16(11-25)19(26)15(10-24)20(27)18(14)21/h10-14,17,26-27H,5-9H2,1-4H3. The maximum atomic E-state index is 11.9. The second-order valence-corrected chi connectivity index (χ2v) is 10.00. The van der Waals surface area contributed by atoms with Crippen molar-refractivity contribution in [3.8, 4) is 17.2 Å². The monoisotopic (exact) mass is 386 g/mol. The Morgan fingerprint density at radius 3 is 2.21 bits per heavy atom. The summed E-state index contributed by atoms with van der Waals surface area (Å²) in [6, 6.07) is 0. The van der Waals surface area contributed by atoms with Crippen molar-refractivity contribution >= 4 is 12.6 Å². The van der Waals surface area contributed by atoms with Crippen LogP contribution >= 0.6 is 0 Å². The number of phenols is 2. The Morgan fingerprint density at radius 1 is 1.07 bits per heavy atom. The summed E-state index contributed by atoms with van der Waals surface area (Å²) < 4.78 is 6.60. The number of phenolic OH excluding ortho intramolecular Hbond substituents is 2. The SMILES string of the molecule is CC(C)CC1CC2(CC3CCC3C2(C)C)Oc2c(C=O)c(O)c(C=O)c(O)c21. The highest BCUT2D eigenvalue weighted by Gasteiger charge is 2.65. The van der Waals surface area contributed by atoms with Crippen molar-refractivity contribution in [2.24, 2.45) is 23.2 Å². The molecule has 152 valence electrons. The third-order valence-electron chi connectivity index (χ3n) is 7.89. The number of aromatic hydroxyl groups is 2. The Hall–Kier alpha value is -2.04. The maximum Gasteiger partial charge on any atom is 0.157 e. The topological polar surface area (TPSA) is 83.8 Å². The first-order valence-corrected chi connectivity index (χ1v) is 10.4. The molecule has 2 saturated carbocycles. The van der Waals surface area contributed by atoms with Crippen LogP contribution < -0.4 is 4.74 Å². The first-order valence-electron chi connectivity index (χ1n) is 10.4. The molecule has 2 aliphatic carbocycles. The highest BCUT2D eigenvalue weighted by Crippen LogP contribution is 2.68. The smallest absolute Gasteiger partial charge is 0.157 e. The van der Waals surface area contributed by atoms with Crippen molar-refractivity contribution in [1.82, 2.24) is 0 Å². The largest absolute Gasteiger partial charge is 0.507 e. The predicted molar refractivity (Wildman–Crippen MR) is 105 cm³/mol. The highest BCUT2D eigenvalue weighted by atomic mass is 16.5. The molecule has 0 amide bonds. The van der Waals surface area contributed by atoms with E-state index in [0.29, 0.717) is 35.9 Å². The highest BCUT2D eigenvalue weighted by molar-refractivity contribution is 5.95. The summed E-state index contributed by atoms with van der Waals surface area (Å²) in [5, 5.41) is 21.3. The molecule has 3 aliphatic rings. The summed E-state index contributed by atoms with van der Waals surface area (Å²) in [5.74, 6) is 1.13. The van der Waals surface area contributed by atoms with E-state index in [2.05, 4.69) is 27.7 Å². The molecule has 5 nitrogen and oxygen atoms in total. The number of aldehydes is 2. The molecule has 1 spiro atoms. The van der Waals surface area contributed by atoms with Gasteiger partial charge in [-0.05, 0) is 55.8 Å². The summed E-state index contributed by atoms with van der Waals surface area (Å²) in [7, 11) is 0. The van der Waals surface area contributed by atoms with Crippen LogP contribution in [0.25, 0.3) is 0 Å². The van der Waals surface area contributed by atoms with Crippen molar-refractivity contribution in [3.05, 3.63) is 16.7 Å². The number of ether oxygens (including phenoxy) is 1. The zero-order chi connectivity index (χ0) is 20.4. The van der Waals surface area contributed by atoms with Crippen LogP contribution in [0.1, 0.15) is 92.0 Å². The van der Waals surface area contributed by atoms with Crippen LogP contribution in [0.15, 0.2) is 0 Å². The quantitative estimate of drug-likeness (QED) is 0.724. The van der Waals surface area contributed by atoms with Crippen LogP contribution in [0.5, 0.6) is 17.2 Å². The molecule has 1 heterocycles. The first kappa shape index (κ1) is 19.3. The average Bonchev–Trinajstić information content (AvgIpc) is 2.71. The molecule has 1 aliphatic heterocycles. The Bertz CT molecular complexity index is 840. The van der Waals surface area contributed by atoms with Crippen molar-refractivity contribution in [2.45, 2.75) is 71.3 Å². The maximum absolute atomic E-state index is 11.9. The van der Waals surface area contributed by atoms with E-state index in [1.807, 2.05) is 0 Å². The fraction of sp³-hybridized carbons (Fsp3) is 0.652. The summed E-state index contributed by atoms with van der Waals surface area (Å²) in [6.45, 7) is 8.77. The van der Waals surface area contributed by atoms with Crippen LogP contribution in [-0.2, 0) is 0 Å². The molecule has 0 radical (unpaired) electrons. The third kappa shape index (κ3) is 2.37. The normalized spacial score (nSPS) is 32.4. The van der Waals surface area contributed by atoms with Gasteiger partial charge in [0.1, 0.15) is 22.8 Å². The van der Waals surface area contributed by atoms with Crippen LogP contribution in [-0.4, -0.2) is 28.4 Å². The Kier molecular flexibility index (Phi) is 4.29. The number of rotatable bonds is 4. The van der Waals surface area contributed by atoms with E-state index in [4.69, 9.17) is 4.74 Å². The van der Waals surface area contributed by atoms with Gasteiger partial charge in [-0.25, -0.2) is 0 Å². The second kappa shape index (κ2) is 6.23. The van der Waals surface area contributed by atoms with Gasteiger partial charge in [-0.3, -0.25) is 9.59 Å². The van der Waals surface area contributed by atoms with Crippen molar-refractivity contribution in [3.63, 3.8) is 0 Å². The third-order valence-corrected chi connectivity index (χ3v) is 7.89. The van der Waals surface area contributed by atoms with E-state index in [1.165, 1.54) is 12.8 Å². The molecule has 4 unspecified atom stereocenters. The van der Waals surface area contributed by atoms with Crippen molar-refractivity contribution < 1.29 is 24.5 Å². The van der Waals surface area contributed by atoms with Crippen molar-refractivity contribution in [2.75, 3.05) is 0 Å². The lowest BCUT2D eigenvalue weighted by atomic mass is 9.62. The Morgan fingerprint density at radius 2 is 1.75 bits per heavy atom. The summed E-state index contributed by atoms with van der Waals surface area (Å²) in [4.78, 5) is 23.4. The lowest BCUT2D eigenvalue weighted by Crippen LogP contribution is -2.51.